The van der Waals surface area contributed by atoms with Gasteiger partial charge in [0.15, 0.2) is 0 Å². The van der Waals surface area contributed by atoms with Crippen LogP contribution in [-0.2, 0) is 6.54 Å². The molecule has 1 aliphatic heterocycles. The molecular formula is C28H31N5O. The van der Waals surface area contributed by atoms with E-state index in [4.69, 9.17) is 0 Å². The second kappa shape index (κ2) is 9.69. The predicted molar refractivity (Wildman–Crippen MR) is 137 cm³/mol. The number of hydrogen-bond donors (Lipinski definition) is 0. The first-order valence-corrected chi connectivity index (χ1v) is 11.9. The van der Waals surface area contributed by atoms with Crippen LogP contribution in [0.25, 0.3) is 5.69 Å². The van der Waals surface area contributed by atoms with E-state index in [1.807, 2.05) is 43.3 Å². The molecule has 6 heteroatoms. The van der Waals surface area contributed by atoms with Crippen LogP contribution in [0.1, 0.15) is 29.7 Å². The third-order valence-electron chi connectivity index (χ3n) is 6.77. The second-order valence-corrected chi connectivity index (χ2v) is 9.03. The number of aromatic nitrogens is 3. The summed E-state index contributed by atoms with van der Waals surface area (Å²) in [5.74, 6) is 0. The lowest BCUT2D eigenvalue weighted by Gasteiger charge is -2.36. The maximum Gasteiger partial charge on any atom is 0.350 e. The molecule has 34 heavy (non-hydrogen) atoms. The SMILES string of the molecule is Cc1cc(N2CCN(Cc3ccccc3)CC2)ccc1-n1cnn(C(C)c2ccccc2)c1=O. The standard InChI is InChI=1S/C28H31N5O/c1-22-19-26(31-17-15-30(16-18-31)20-24-9-5-3-6-10-24)13-14-27(22)32-21-29-33(28(32)34)23(2)25-11-7-4-8-12-25/h3-14,19,21,23H,15-18,20H2,1-2H3. The Bertz CT molecular complexity index is 1290. The highest BCUT2D eigenvalue weighted by atomic mass is 16.2. The summed E-state index contributed by atoms with van der Waals surface area (Å²) in [5.41, 5.74) is 5.46. The molecule has 1 fully saturated rings. The molecule has 0 N–H and O–H groups in total. The van der Waals surface area contributed by atoms with Crippen LogP contribution in [0.4, 0.5) is 5.69 Å². The zero-order chi connectivity index (χ0) is 23.5. The zero-order valence-electron chi connectivity index (χ0n) is 19.8. The van der Waals surface area contributed by atoms with Crippen molar-refractivity contribution < 1.29 is 0 Å². The minimum atomic E-state index is -0.123. The first-order chi connectivity index (χ1) is 16.6. The number of rotatable bonds is 6. The third-order valence-corrected chi connectivity index (χ3v) is 6.77. The smallest absolute Gasteiger partial charge is 0.350 e. The highest BCUT2D eigenvalue weighted by molar-refractivity contribution is 5.55. The van der Waals surface area contributed by atoms with Gasteiger partial charge in [0.1, 0.15) is 6.33 Å². The lowest BCUT2D eigenvalue weighted by molar-refractivity contribution is 0.250. The molecule has 1 atom stereocenters. The van der Waals surface area contributed by atoms with Crippen molar-refractivity contribution in [1.82, 2.24) is 19.2 Å². The van der Waals surface area contributed by atoms with Crippen LogP contribution < -0.4 is 10.6 Å². The Morgan fingerprint density at radius 2 is 1.56 bits per heavy atom. The fourth-order valence-electron chi connectivity index (χ4n) is 4.73. The molecule has 0 radical (unpaired) electrons. The zero-order valence-corrected chi connectivity index (χ0v) is 19.8. The first kappa shape index (κ1) is 22.2. The summed E-state index contributed by atoms with van der Waals surface area (Å²) in [6.07, 6.45) is 1.63. The normalized spacial score (nSPS) is 15.4. The molecular weight excluding hydrogens is 422 g/mol. The molecule has 3 aromatic carbocycles. The highest BCUT2D eigenvalue weighted by Gasteiger charge is 2.19. The summed E-state index contributed by atoms with van der Waals surface area (Å²) < 4.78 is 3.20. The fourth-order valence-corrected chi connectivity index (χ4v) is 4.73. The molecule has 5 rings (SSSR count). The Morgan fingerprint density at radius 3 is 2.24 bits per heavy atom. The summed E-state index contributed by atoms with van der Waals surface area (Å²) in [6.45, 7) is 9.14. The van der Waals surface area contributed by atoms with Crippen LogP contribution in [0.5, 0.6) is 0 Å². The van der Waals surface area contributed by atoms with Gasteiger partial charge >= 0.3 is 5.69 Å². The van der Waals surface area contributed by atoms with Crippen molar-refractivity contribution >= 4 is 5.69 Å². The summed E-state index contributed by atoms with van der Waals surface area (Å²) in [7, 11) is 0. The number of benzene rings is 3. The third kappa shape index (κ3) is 4.54. The van der Waals surface area contributed by atoms with E-state index in [1.54, 1.807) is 15.6 Å². The van der Waals surface area contributed by atoms with Gasteiger partial charge in [0.2, 0.25) is 0 Å². The monoisotopic (exact) mass is 453 g/mol. The Kier molecular flexibility index (Phi) is 6.32. The largest absolute Gasteiger partial charge is 0.369 e. The van der Waals surface area contributed by atoms with Crippen LogP contribution in [0, 0.1) is 6.92 Å². The minimum Gasteiger partial charge on any atom is -0.369 e. The average molecular weight is 454 g/mol. The van der Waals surface area contributed by atoms with E-state index in [2.05, 4.69) is 64.3 Å². The van der Waals surface area contributed by atoms with Gasteiger partial charge in [0.25, 0.3) is 0 Å². The summed E-state index contributed by atoms with van der Waals surface area (Å²) in [4.78, 5) is 18.1. The average Bonchev–Trinajstić information content (AvgIpc) is 3.26. The molecule has 0 spiro atoms. The molecule has 2 heterocycles. The topological polar surface area (TPSA) is 46.3 Å². The van der Waals surface area contributed by atoms with Gasteiger partial charge in [-0.05, 0) is 48.7 Å². The van der Waals surface area contributed by atoms with E-state index in [9.17, 15) is 4.79 Å². The number of aryl methyl sites for hydroxylation is 1. The predicted octanol–water partition coefficient (Wildman–Crippen LogP) is 4.27. The Balaban J connectivity index is 1.29. The molecule has 4 aromatic rings. The molecule has 0 saturated carbocycles. The van der Waals surface area contributed by atoms with Crippen molar-refractivity contribution in [2.24, 2.45) is 0 Å². The van der Waals surface area contributed by atoms with Crippen molar-refractivity contribution in [3.05, 3.63) is 112 Å². The Labute approximate surface area is 200 Å². The van der Waals surface area contributed by atoms with E-state index in [0.29, 0.717) is 0 Å². The summed E-state index contributed by atoms with van der Waals surface area (Å²) in [5, 5.41) is 4.42. The van der Waals surface area contributed by atoms with Gasteiger partial charge in [-0.3, -0.25) is 4.90 Å². The van der Waals surface area contributed by atoms with Gasteiger partial charge in [-0.2, -0.15) is 5.10 Å². The lowest BCUT2D eigenvalue weighted by Crippen LogP contribution is -2.46. The van der Waals surface area contributed by atoms with Gasteiger partial charge in [-0.25, -0.2) is 14.0 Å². The van der Waals surface area contributed by atoms with Crippen molar-refractivity contribution in [3.63, 3.8) is 0 Å². The van der Waals surface area contributed by atoms with Gasteiger partial charge in [0, 0.05) is 38.4 Å². The number of piperazine rings is 1. The van der Waals surface area contributed by atoms with Crippen LogP contribution in [0.15, 0.2) is 90.0 Å². The second-order valence-electron chi connectivity index (χ2n) is 9.03. The van der Waals surface area contributed by atoms with Crippen molar-refractivity contribution in [2.45, 2.75) is 26.4 Å². The molecule has 1 unspecified atom stereocenters. The van der Waals surface area contributed by atoms with Crippen molar-refractivity contribution in [2.75, 3.05) is 31.1 Å². The van der Waals surface area contributed by atoms with Gasteiger partial charge in [-0.15, -0.1) is 0 Å². The Morgan fingerprint density at radius 1 is 0.882 bits per heavy atom. The van der Waals surface area contributed by atoms with Crippen LogP contribution in [-0.4, -0.2) is 45.4 Å². The van der Waals surface area contributed by atoms with Crippen LogP contribution >= 0.6 is 0 Å². The van der Waals surface area contributed by atoms with E-state index in [-0.39, 0.29) is 11.7 Å². The molecule has 1 aromatic heterocycles. The van der Waals surface area contributed by atoms with Crippen LogP contribution in [0.2, 0.25) is 0 Å². The van der Waals surface area contributed by atoms with Crippen molar-refractivity contribution in [1.29, 1.82) is 0 Å². The highest BCUT2D eigenvalue weighted by Crippen LogP contribution is 2.23. The number of nitrogens with zero attached hydrogens (tertiary/aromatic N) is 5. The quantitative estimate of drug-likeness (QED) is 0.437. The van der Waals surface area contributed by atoms with Crippen molar-refractivity contribution in [3.8, 4) is 5.69 Å². The van der Waals surface area contributed by atoms with Gasteiger partial charge < -0.3 is 4.90 Å². The maximum atomic E-state index is 13.2. The molecule has 0 bridgehead atoms. The molecule has 0 amide bonds. The molecule has 1 aliphatic rings. The summed E-state index contributed by atoms with van der Waals surface area (Å²) >= 11 is 0. The molecule has 6 nitrogen and oxygen atoms in total. The van der Waals surface area contributed by atoms with Gasteiger partial charge in [0.05, 0.1) is 11.7 Å². The van der Waals surface area contributed by atoms with E-state index in [1.165, 1.54) is 11.3 Å². The maximum absolute atomic E-state index is 13.2. The Hall–Kier alpha value is -3.64. The first-order valence-electron chi connectivity index (χ1n) is 11.9. The fraction of sp³-hybridized carbons (Fsp3) is 0.286. The molecule has 1 saturated heterocycles. The van der Waals surface area contributed by atoms with Crippen LogP contribution in [0.3, 0.4) is 0 Å². The summed E-state index contributed by atoms with van der Waals surface area (Å²) in [6, 6.07) is 26.9. The number of anilines is 1. The van der Waals surface area contributed by atoms with E-state index in [0.717, 1.165) is 49.5 Å². The lowest BCUT2D eigenvalue weighted by atomic mass is 10.1. The molecule has 0 aliphatic carbocycles. The number of hydrogen-bond acceptors (Lipinski definition) is 4. The minimum absolute atomic E-state index is 0.123. The van der Waals surface area contributed by atoms with E-state index >= 15 is 0 Å². The van der Waals surface area contributed by atoms with E-state index < -0.39 is 0 Å². The molecule has 174 valence electrons. The van der Waals surface area contributed by atoms with Gasteiger partial charge in [-0.1, -0.05) is 60.7 Å².